The Morgan fingerprint density at radius 1 is 1.29 bits per heavy atom. The SMILES string of the molecule is Cc1cncc(-c2nc(Br)c(C)s2)c1. The van der Waals surface area contributed by atoms with Gasteiger partial charge in [-0.05, 0) is 41.4 Å². The minimum Gasteiger partial charge on any atom is -0.264 e. The number of nitrogens with zero attached hydrogens (tertiary/aromatic N) is 2. The van der Waals surface area contributed by atoms with E-state index in [9.17, 15) is 0 Å². The molecule has 0 aliphatic rings. The normalized spacial score (nSPS) is 10.5. The molecular formula is C10H9BrN2S. The standard InChI is InChI=1S/C10H9BrN2S/c1-6-3-8(5-12-4-6)10-13-9(11)7(2)14-10/h3-5H,1-2H3. The highest BCUT2D eigenvalue weighted by molar-refractivity contribution is 9.10. The summed E-state index contributed by atoms with van der Waals surface area (Å²) in [7, 11) is 0. The predicted octanol–water partition coefficient (Wildman–Crippen LogP) is 3.58. The first-order chi connectivity index (χ1) is 6.66. The van der Waals surface area contributed by atoms with E-state index in [0.29, 0.717) is 0 Å². The third-order valence-corrected chi connectivity index (χ3v) is 3.92. The minimum absolute atomic E-state index is 0.930. The van der Waals surface area contributed by atoms with Crippen molar-refractivity contribution in [3.8, 4) is 10.6 Å². The van der Waals surface area contributed by atoms with Gasteiger partial charge in [0.25, 0.3) is 0 Å². The maximum atomic E-state index is 4.42. The average molecular weight is 269 g/mol. The van der Waals surface area contributed by atoms with Crippen molar-refractivity contribution in [3.05, 3.63) is 33.5 Å². The van der Waals surface area contributed by atoms with Crippen LogP contribution in [0.3, 0.4) is 0 Å². The first-order valence-corrected chi connectivity index (χ1v) is 5.83. The molecule has 4 heteroatoms. The third kappa shape index (κ3) is 1.86. The number of aromatic nitrogens is 2. The van der Waals surface area contributed by atoms with E-state index < -0.39 is 0 Å². The maximum Gasteiger partial charge on any atom is 0.126 e. The molecule has 2 aromatic heterocycles. The summed E-state index contributed by atoms with van der Waals surface area (Å²) < 4.78 is 0.930. The van der Waals surface area contributed by atoms with Crippen LogP contribution in [0.2, 0.25) is 0 Å². The quantitative estimate of drug-likeness (QED) is 0.790. The fraction of sp³-hybridized carbons (Fsp3) is 0.200. The lowest BCUT2D eigenvalue weighted by Gasteiger charge is -1.95. The Morgan fingerprint density at radius 3 is 2.64 bits per heavy atom. The number of rotatable bonds is 1. The Balaban J connectivity index is 2.49. The topological polar surface area (TPSA) is 25.8 Å². The van der Waals surface area contributed by atoms with Gasteiger partial charge in [-0.15, -0.1) is 11.3 Å². The van der Waals surface area contributed by atoms with Crippen molar-refractivity contribution < 1.29 is 0 Å². The highest BCUT2D eigenvalue weighted by Crippen LogP contribution is 2.30. The lowest BCUT2D eigenvalue weighted by molar-refractivity contribution is 1.25. The molecule has 2 aromatic rings. The smallest absolute Gasteiger partial charge is 0.126 e. The van der Waals surface area contributed by atoms with Gasteiger partial charge in [0.15, 0.2) is 0 Å². The van der Waals surface area contributed by atoms with Gasteiger partial charge >= 0.3 is 0 Å². The Labute approximate surface area is 95.2 Å². The van der Waals surface area contributed by atoms with Crippen LogP contribution in [-0.4, -0.2) is 9.97 Å². The molecule has 0 fully saturated rings. The largest absolute Gasteiger partial charge is 0.264 e. The number of thiazole rings is 1. The summed E-state index contributed by atoms with van der Waals surface area (Å²) in [5.41, 5.74) is 2.25. The first-order valence-electron chi connectivity index (χ1n) is 4.22. The van der Waals surface area contributed by atoms with E-state index >= 15 is 0 Å². The van der Waals surface area contributed by atoms with Gasteiger partial charge in [-0.3, -0.25) is 4.98 Å². The molecule has 0 N–H and O–H groups in total. The average Bonchev–Trinajstić information content (AvgIpc) is 2.47. The van der Waals surface area contributed by atoms with E-state index in [1.54, 1.807) is 11.3 Å². The minimum atomic E-state index is 0.930. The van der Waals surface area contributed by atoms with Crippen LogP contribution in [-0.2, 0) is 0 Å². The van der Waals surface area contributed by atoms with Crippen LogP contribution in [0.25, 0.3) is 10.6 Å². The molecule has 0 spiro atoms. The van der Waals surface area contributed by atoms with Gasteiger partial charge in [-0.1, -0.05) is 0 Å². The molecule has 0 bridgehead atoms. The summed E-state index contributed by atoms with van der Waals surface area (Å²) in [6.07, 6.45) is 3.69. The molecule has 2 nitrogen and oxygen atoms in total. The van der Waals surface area contributed by atoms with Crippen molar-refractivity contribution in [2.24, 2.45) is 0 Å². The van der Waals surface area contributed by atoms with Crippen LogP contribution >= 0.6 is 27.3 Å². The fourth-order valence-electron chi connectivity index (χ4n) is 1.17. The number of aryl methyl sites for hydroxylation is 2. The Hall–Kier alpha value is -0.740. The summed E-state index contributed by atoms with van der Waals surface area (Å²) in [6, 6.07) is 2.09. The molecule has 0 aliphatic carbocycles. The van der Waals surface area contributed by atoms with Gasteiger partial charge < -0.3 is 0 Å². The molecule has 0 amide bonds. The molecule has 0 saturated heterocycles. The summed E-state index contributed by atoms with van der Waals surface area (Å²) in [4.78, 5) is 9.76. The number of hydrogen-bond acceptors (Lipinski definition) is 3. The van der Waals surface area contributed by atoms with E-state index in [1.165, 1.54) is 4.88 Å². The van der Waals surface area contributed by atoms with Crippen LogP contribution in [0.4, 0.5) is 0 Å². The van der Waals surface area contributed by atoms with Crippen molar-refractivity contribution >= 4 is 27.3 Å². The van der Waals surface area contributed by atoms with Gasteiger partial charge in [-0.2, -0.15) is 0 Å². The van der Waals surface area contributed by atoms with Gasteiger partial charge in [0, 0.05) is 22.8 Å². The number of hydrogen-bond donors (Lipinski definition) is 0. The lowest BCUT2D eigenvalue weighted by Crippen LogP contribution is -1.80. The maximum absolute atomic E-state index is 4.42. The third-order valence-electron chi connectivity index (χ3n) is 1.86. The van der Waals surface area contributed by atoms with Crippen molar-refractivity contribution in [3.63, 3.8) is 0 Å². The van der Waals surface area contributed by atoms with E-state index in [0.717, 1.165) is 20.7 Å². The van der Waals surface area contributed by atoms with Gasteiger partial charge in [-0.25, -0.2) is 4.98 Å². The predicted molar refractivity (Wildman–Crippen MR) is 62.5 cm³/mol. The number of pyridine rings is 1. The highest BCUT2D eigenvalue weighted by atomic mass is 79.9. The second kappa shape index (κ2) is 3.79. The molecule has 0 aromatic carbocycles. The Morgan fingerprint density at radius 2 is 2.07 bits per heavy atom. The molecule has 0 unspecified atom stereocenters. The van der Waals surface area contributed by atoms with Crippen molar-refractivity contribution in [2.75, 3.05) is 0 Å². The molecule has 14 heavy (non-hydrogen) atoms. The van der Waals surface area contributed by atoms with Crippen LogP contribution in [0.1, 0.15) is 10.4 Å². The second-order valence-corrected chi connectivity index (χ2v) is 5.07. The molecule has 2 heterocycles. The first kappa shape index (κ1) is 9.80. The Bertz CT molecular complexity index is 445. The van der Waals surface area contributed by atoms with Gasteiger partial charge in [0.1, 0.15) is 9.61 Å². The zero-order chi connectivity index (χ0) is 10.1. The van der Waals surface area contributed by atoms with Gasteiger partial charge in [0.05, 0.1) is 0 Å². The van der Waals surface area contributed by atoms with Crippen LogP contribution < -0.4 is 0 Å². The Kier molecular flexibility index (Phi) is 2.65. The van der Waals surface area contributed by atoms with Crippen LogP contribution in [0, 0.1) is 13.8 Å². The van der Waals surface area contributed by atoms with E-state index in [-0.39, 0.29) is 0 Å². The summed E-state index contributed by atoms with van der Waals surface area (Å²) >= 11 is 5.09. The summed E-state index contributed by atoms with van der Waals surface area (Å²) in [5, 5.41) is 1.02. The van der Waals surface area contributed by atoms with Gasteiger partial charge in [0.2, 0.25) is 0 Å². The van der Waals surface area contributed by atoms with E-state index in [1.807, 2.05) is 19.3 Å². The second-order valence-electron chi connectivity index (χ2n) is 3.12. The molecule has 0 aliphatic heterocycles. The van der Waals surface area contributed by atoms with Crippen LogP contribution in [0.15, 0.2) is 23.1 Å². The molecular weight excluding hydrogens is 260 g/mol. The lowest BCUT2D eigenvalue weighted by atomic mass is 10.2. The van der Waals surface area contributed by atoms with Crippen molar-refractivity contribution in [2.45, 2.75) is 13.8 Å². The molecule has 72 valence electrons. The molecule has 2 rings (SSSR count). The van der Waals surface area contributed by atoms with E-state index in [2.05, 4.69) is 38.9 Å². The van der Waals surface area contributed by atoms with Crippen molar-refractivity contribution in [1.82, 2.24) is 9.97 Å². The zero-order valence-electron chi connectivity index (χ0n) is 7.91. The monoisotopic (exact) mass is 268 g/mol. The highest BCUT2D eigenvalue weighted by Gasteiger charge is 2.07. The van der Waals surface area contributed by atoms with Crippen LogP contribution in [0.5, 0.6) is 0 Å². The molecule has 0 atom stereocenters. The molecule has 0 saturated carbocycles. The molecule has 0 radical (unpaired) electrons. The van der Waals surface area contributed by atoms with Crippen molar-refractivity contribution in [1.29, 1.82) is 0 Å². The van der Waals surface area contributed by atoms with E-state index in [4.69, 9.17) is 0 Å². The number of halogens is 1. The fourth-order valence-corrected chi connectivity index (χ4v) is 2.50. The zero-order valence-corrected chi connectivity index (χ0v) is 10.3. The summed E-state index contributed by atoms with van der Waals surface area (Å²) in [5.74, 6) is 0. The summed E-state index contributed by atoms with van der Waals surface area (Å²) in [6.45, 7) is 4.08.